The lowest BCUT2D eigenvalue weighted by Crippen LogP contribution is -2.47. The topological polar surface area (TPSA) is 32.3 Å². The van der Waals surface area contributed by atoms with Crippen molar-refractivity contribution in [2.75, 3.05) is 6.54 Å². The maximum Gasteiger partial charge on any atom is 0.397 e. The van der Waals surface area contributed by atoms with Crippen LogP contribution < -0.4 is 5.32 Å². The van der Waals surface area contributed by atoms with Crippen LogP contribution in [0.2, 0.25) is 0 Å². The highest BCUT2D eigenvalue weighted by Crippen LogP contribution is 2.52. The standard InChI is InChI=1S/C19H22F6N2O/c1-3-7-27-10(9-18(20,21)22)5-6-12-13-8-14(28)26-16(13)15(19(23,24)25)11(4-2)17(12)27/h5-6,10-11,15H,3-4,7-9H2,1-2H3,(H,26,28). The molecule has 3 rings (SSSR count). The fourth-order valence-electron chi connectivity index (χ4n) is 4.55. The summed E-state index contributed by atoms with van der Waals surface area (Å²) < 4.78 is 81.1. The minimum absolute atomic E-state index is 0.0997. The second-order valence-corrected chi connectivity index (χ2v) is 7.39. The molecule has 9 heteroatoms. The van der Waals surface area contributed by atoms with Gasteiger partial charge in [0.05, 0.1) is 18.9 Å². The van der Waals surface area contributed by atoms with Gasteiger partial charge in [-0.1, -0.05) is 26.0 Å². The molecule has 0 fully saturated rings. The van der Waals surface area contributed by atoms with Gasteiger partial charge in [-0.3, -0.25) is 4.79 Å². The third kappa shape index (κ3) is 3.67. The SMILES string of the molecule is CCCN1C2=C(C=CC1CC(F)(F)F)C1=C(NC(=O)C1)C(C(F)(F)F)C2CC. The number of amides is 1. The number of carbonyl (C=O) groups is 1. The van der Waals surface area contributed by atoms with Crippen molar-refractivity contribution < 1.29 is 31.1 Å². The number of carbonyl (C=O) groups excluding carboxylic acids is 1. The Morgan fingerprint density at radius 3 is 2.39 bits per heavy atom. The molecule has 1 aliphatic carbocycles. The Hall–Kier alpha value is -1.93. The number of rotatable bonds is 4. The minimum atomic E-state index is -4.62. The van der Waals surface area contributed by atoms with E-state index in [0.29, 0.717) is 17.7 Å². The molecule has 1 N–H and O–H groups in total. The van der Waals surface area contributed by atoms with Gasteiger partial charge < -0.3 is 10.2 Å². The molecule has 0 aromatic rings. The van der Waals surface area contributed by atoms with Crippen LogP contribution in [0.1, 0.15) is 39.5 Å². The first-order valence-electron chi connectivity index (χ1n) is 9.33. The average Bonchev–Trinajstić information content (AvgIpc) is 2.93. The molecule has 3 atom stereocenters. The van der Waals surface area contributed by atoms with E-state index in [-0.39, 0.29) is 30.7 Å². The Morgan fingerprint density at radius 1 is 1.18 bits per heavy atom. The van der Waals surface area contributed by atoms with Gasteiger partial charge in [0.2, 0.25) is 5.91 Å². The predicted molar refractivity (Wildman–Crippen MR) is 90.7 cm³/mol. The van der Waals surface area contributed by atoms with Gasteiger partial charge in [-0.2, -0.15) is 26.3 Å². The first-order valence-corrected chi connectivity index (χ1v) is 9.33. The highest BCUT2D eigenvalue weighted by atomic mass is 19.4. The van der Waals surface area contributed by atoms with Crippen LogP contribution in [0.4, 0.5) is 26.3 Å². The van der Waals surface area contributed by atoms with E-state index in [1.54, 1.807) is 13.8 Å². The molecule has 1 amide bonds. The Kier molecular flexibility index (Phi) is 5.31. The van der Waals surface area contributed by atoms with Crippen LogP contribution in [0, 0.1) is 11.8 Å². The Morgan fingerprint density at radius 2 is 1.86 bits per heavy atom. The third-order valence-corrected chi connectivity index (χ3v) is 5.49. The third-order valence-electron chi connectivity index (χ3n) is 5.49. The number of allylic oxidation sites excluding steroid dienone is 4. The van der Waals surface area contributed by atoms with Crippen molar-refractivity contribution in [3.8, 4) is 0 Å². The maximum absolute atomic E-state index is 14.0. The van der Waals surface area contributed by atoms with Crippen LogP contribution in [-0.2, 0) is 4.79 Å². The van der Waals surface area contributed by atoms with Gasteiger partial charge in [0.15, 0.2) is 0 Å². The van der Waals surface area contributed by atoms with E-state index in [2.05, 4.69) is 5.32 Å². The van der Waals surface area contributed by atoms with Gasteiger partial charge in [0.1, 0.15) is 5.92 Å². The second kappa shape index (κ2) is 7.15. The number of fused-ring (bicyclic) bond motifs is 1. The molecule has 0 aromatic carbocycles. The van der Waals surface area contributed by atoms with E-state index in [1.165, 1.54) is 17.1 Å². The van der Waals surface area contributed by atoms with Crippen molar-refractivity contribution in [2.24, 2.45) is 11.8 Å². The second-order valence-electron chi connectivity index (χ2n) is 7.39. The number of hydrogen-bond acceptors (Lipinski definition) is 2. The molecule has 3 nitrogen and oxygen atoms in total. The largest absolute Gasteiger partial charge is 0.397 e. The van der Waals surface area contributed by atoms with E-state index >= 15 is 0 Å². The maximum atomic E-state index is 14.0. The minimum Gasteiger partial charge on any atom is -0.367 e. The average molecular weight is 408 g/mol. The zero-order chi connectivity index (χ0) is 20.9. The van der Waals surface area contributed by atoms with Crippen molar-refractivity contribution in [2.45, 2.75) is 57.9 Å². The summed E-state index contributed by atoms with van der Waals surface area (Å²) in [4.78, 5) is 13.4. The van der Waals surface area contributed by atoms with Crippen molar-refractivity contribution in [1.82, 2.24) is 10.2 Å². The highest BCUT2D eigenvalue weighted by molar-refractivity contribution is 5.87. The normalized spacial score (nSPS) is 27.9. The van der Waals surface area contributed by atoms with E-state index < -0.39 is 42.6 Å². The van der Waals surface area contributed by atoms with Gasteiger partial charge in [-0.05, 0) is 24.0 Å². The first-order chi connectivity index (χ1) is 13.0. The lowest BCUT2D eigenvalue weighted by atomic mass is 9.73. The van der Waals surface area contributed by atoms with Gasteiger partial charge in [-0.25, -0.2) is 0 Å². The molecule has 0 saturated carbocycles. The van der Waals surface area contributed by atoms with Gasteiger partial charge in [0.25, 0.3) is 0 Å². The van der Waals surface area contributed by atoms with Gasteiger partial charge >= 0.3 is 12.4 Å². The molecule has 0 spiro atoms. The summed E-state index contributed by atoms with van der Waals surface area (Å²) in [6, 6.07) is -1.05. The fourth-order valence-corrected chi connectivity index (χ4v) is 4.55. The number of nitrogens with one attached hydrogen (secondary N) is 1. The molecule has 0 aromatic heterocycles. The van der Waals surface area contributed by atoms with Crippen molar-refractivity contribution in [1.29, 1.82) is 0 Å². The summed E-state index contributed by atoms with van der Waals surface area (Å²) in [6.07, 6.45) is -6.90. The first kappa shape index (κ1) is 20.8. The molecule has 3 unspecified atom stereocenters. The molecule has 3 aliphatic rings. The molecule has 28 heavy (non-hydrogen) atoms. The van der Waals surface area contributed by atoms with E-state index in [9.17, 15) is 31.1 Å². The number of halogens is 6. The molecule has 2 aliphatic heterocycles. The van der Waals surface area contributed by atoms with Crippen molar-refractivity contribution in [3.05, 3.63) is 34.7 Å². The van der Waals surface area contributed by atoms with Crippen LogP contribution in [0.25, 0.3) is 0 Å². The Bertz CT molecular complexity index is 747. The molecule has 0 saturated heterocycles. The van der Waals surface area contributed by atoms with Crippen LogP contribution in [0.15, 0.2) is 34.7 Å². The van der Waals surface area contributed by atoms with Crippen LogP contribution in [-0.4, -0.2) is 35.7 Å². The van der Waals surface area contributed by atoms with Crippen molar-refractivity contribution in [3.63, 3.8) is 0 Å². The molecule has 156 valence electrons. The zero-order valence-corrected chi connectivity index (χ0v) is 15.5. The summed E-state index contributed by atoms with van der Waals surface area (Å²) in [5, 5.41) is 2.36. The Balaban J connectivity index is 2.14. The molecule has 0 radical (unpaired) electrons. The van der Waals surface area contributed by atoms with Crippen LogP contribution >= 0.6 is 0 Å². The molecular weight excluding hydrogens is 386 g/mol. The van der Waals surface area contributed by atoms with Gasteiger partial charge in [0, 0.05) is 23.9 Å². The van der Waals surface area contributed by atoms with Crippen LogP contribution in [0.3, 0.4) is 0 Å². The van der Waals surface area contributed by atoms with Crippen LogP contribution in [0.5, 0.6) is 0 Å². The fraction of sp³-hybridized carbons (Fsp3) is 0.632. The highest BCUT2D eigenvalue weighted by Gasteiger charge is 2.54. The molecular formula is C19H22F6N2O. The quantitative estimate of drug-likeness (QED) is 0.676. The summed E-state index contributed by atoms with van der Waals surface area (Å²) in [5.74, 6) is -3.48. The lowest BCUT2D eigenvalue weighted by Gasteiger charge is -2.46. The summed E-state index contributed by atoms with van der Waals surface area (Å²) in [6.45, 7) is 3.59. The predicted octanol–water partition coefficient (Wildman–Crippen LogP) is 4.84. The molecule has 2 heterocycles. The number of hydrogen-bond donors (Lipinski definition) is 1. The van der Waals surface area contributed by atoms with E-state index in [1.807, 2.05) is 0 Å². The van der Waals surface area contributed by atoms with Crippen molar-refractivity contribution >= 4 is 5.91 Å². The summed E-state index contributed by atoms with van der Waals surface area (Å²) in [7, 11) is 0. The zero-order valence-electron chi connectivity index (χ0n) is 15.5. The van der Waals surface area contributed by atoms with E-state index in [0.717, 1.165) is 0 Å². The van der Waals surface area contributed by atoms with E-state index in [4.69, 9.17) is 0 Å². The summed E-state index contributed by atoms with van der Waals surface area (Å²) >= 11 is 0. The smallest absolute Gasteiger partial charge is 0.367 e. The van der Waals surface area contributed by atoms with Gasteiger partial charge in [-0.15, -0.1) is 0 Å². The monoisotopic (exact) mass is 408 g/mol. The molecule has 0 bridgehead atoms. The number of nitrogens with zero attached hydrogens (tertiary/aromatic N) is 1. The lowest BCUT2D eigenvalue weighted by molar-refractivity contribution is -0.179. The summed E-state index contributed by atoms with van der Waals surface area (Å²) in [5.41, 5.74) is 0.875. The Labute approximate surface area is 159 Å². The number of alkyl halides is 6.